The molecule has 5 amide bonds. The second-order valence-electron chi connectivity index (χ2n) is 18.5. The van der Waals surface area contributed by atoms with Crippen molar-refractivity contribution in [3.05, 3.63) is 29.3 Å². The zero-order valence-corrected chi connectivity index (χ0v) is 46.5. The molecule has 3 rings (SSSR count). The van der Waals surface area contributed by atoms with Crippen LogP contribution in [0, 0.1) is 0 Å². The Labute approximate surface area is 458 Å². The van der Waals surface area contributed by atoms with Crippen molar-refractivity contribution in [2.75, 3.05) is 177 Å². The maximum Gasteiger partial charge on any atom is 0.264 e. The van der Waals surface area contributed by atoms with Gasteiger partial charge in [0.25, 0.3) is 11.8 Å². The number of rotatable bonds is 56. The van der Waals surface area contributed by atoms with E-state index in [1.165, 1.54) is 70.3 Å². The Morgan fingerprint density at radius 2 is 0.792 bits per heavy atom. The van der Waals surface area contributed by atoms with Gasteiger partial charge in [-0.1, -0.05) is 83.6 Å². The van der Waals surface area contributed by atoms with Gasteiger partial charge in [0.05, 0.1) is 175 Å². The lowest BCUT2D eigenvalue weighted by Gasteiger charge is -2.27. The van der Waals surface area contributed by atoms with Crippen molar-refractivity contribution in [3.8, 4) is 0 Å². The number of carbonyl (C=O) groups excluding carboxylic acids is 5. The highest BCUT2D eigenvalue weighted by Gasteiger charge is 2.45. The molecule has 0 saturated carbocycles. The van der Waals surface area contributed by atoms with E-state index in [4.69, 9.17) is 61.6 Å². The van der Waals surface area contributed by atoms with Gasteiger partial charge >= 0.3 is 0 Å². The summed E-state index contributed by atoms with van der Waals surface area (Å²) < 4.78 is 72.2. The third kappa shape index (κ3) is 34.3. The molecule has 0 spiro atoms. The van der Waals surface area contributed by atoms with Crippen molar-refractivity contribution in [2.45, 2.75) is 122 Å². The lowest BCUT2D eigenvalue weighted by molar-refractivity contribution is -0.136. The number of benzene rings is 1. The highest BCUT2D eigenvalue weighted by atomic mass is 16.6. The smallest absolute Gasteiger partial charge is 0.264 e. The molecule has 21 heteroatoms. The summed E-state index contributed by atoms with van der Waals surface area (Å²) in [6.07, 6.45) is 17.2. The molecule has 2 aliphatic heterocycles. The molecule has 2 heterocycles. The molecule has 442 valence electrons. The van der Waals surface area contributed by atoms with Gasteiger partial charge in [-0.25, -0.2) is 0 Å². The van der Waals surface area contributed by atoms with E-state index in [1.54, 1.807) is 12.1 Å². The van der Waals surface area contributed by atoms with E-state index in [-0.39, 0.29) is 42.0 Å². The number of ether oxygens (including phenoxy) is 13. The van der Waals surface area contributed by atoms with E-state index in [0.29, 0.717) is 172 Å². The van der Waals surface area contributed by atoms with E-state index in [0.717, 1.165) is 30.8 Å². The van der Waals surface area contributed by atoms with Crippen molar-refractivity contribution in [2.24, 2.45) is 0 Å². The van der Waals surface area contributed by atoms with Crippen molar-refractivity contribution in [1.82, 2.24) is 10.2 Å². The number of piperidine rings is 1. The Balaban J connectivity index is 0.919. The molecule has 1 unspecified atom stereocenters. The molecule has 0 radical (unpaired) electrons. The predicted molar refractivity (Wildman–Crippen MR) is 287 cm³/mol. The van der Waals surface area contributed by atoms with Crippen molar-refractivity contribution in [3.63, 3.8) is 0 Å². The van der Waals surface area contributed by atoms with Crippen LogP contribution in [0.1, 0.15) is 137 Å². The van der Waals surface area contributed by atoms with Gasteiger partial charge in [-0.3, -0.25) is 34.2 Å². The summed E-state index contributed by atoms with van der Waals surface area (Å²) in [4.78, 5) is 63.7. The summed E-state index contributed by atoms with van der Waals surface area (Å²) in [6, 6.07) is 3.53. The largest absolute Gasteiger partial charge is 0.379 e. The van der Waals surface area contributed by atoms with Crippen LogP contribution >= 0.6 is 0 Å². The topological polar surface area (TPSA) is 233 Å². The van der Waals surface area contributed by atoms with Crippen LogP contribution in [-0.4, -0.2) is 212 Å². The van der Waals surface area contributed by atoms with Crippen LogP contribution < -0.4 is 10.6 Å². The standard InChI is InChI=1S/C56H95N3O18/c1-2-3-4-5-6-7-8-9-10-11-14-22-65-24-26-67-28-30-69-32-34-71-36-38-73-40-42-75-44-46-77-47-45-76-43-41-74-39-37-72-35-33-70-31-29-68-27-25-66-23-15-12-13-19-51(60)57-49-18-16-17-48-53(49)56(64)59(55(48)63)50-20-21-52(61)58-54(50)62/h16-18,50H,2-15,19-47H2,1H3,(H,57,60)(H,58,61,62). The highest BCUT2D eigenvalue weighted by Crippen LogP contribution is 2.32. The fourth-order valence-electron chi connectivity index (χ4n) is 8.11. The zero-order valence-electron chi connectivity index (χ0n) is 46.5. The highest BCUT2D eigenvalue weighted by molar-refractivity contribution is 6.26. The van der Waals surface area contributed by atoms with Crippen LogP contribution in [-0.2, 0) is 76.0 Å². The summed E-state index contributed by atoms with van der Waals surface area (Å²) in [6.45, 7) is 15.5. The third-order valence-corrected chi connectivity index (χ3v) is 12.3. The van der Waals surface area contributed by atoms with Crippen LogP contribution in [0.4, 0.5) is 5.69 Å². The molecule has 1 aromatic carbocycles. The van der Waals surface area contributed by atoms with Crippen LogP contribution in [0.15, 0.2) is 18.2 Å². The fraction of sp³-hybridized carbons (Fsp3) is 0.804. The van der Waals surface area contributed by atoms with E-state index in [1.807, 2.05) is 0 Å². The number of amides is 5. The van der Waals surface area contributed by atoms with Gasteiger partial charge in [-0.15, -0.1) is 0 Å². The molecular formula is C56H95N3O18. The number of nitrogens with one attached hydrogen (secondary N) is 2. The molecule has 0 bridgehead atoms. The third-order valence-electron chi connectivity index (χ3n) is 12.3. The lowest BCUT2D eigenvalue weighted by Crippen LogP contribution is -2.54. The van der Waals surface area contributed by atoms with Gasteiger partial charge in [0.2, 0.25) is 17.7 Å². The van der Waals surface area contributed by atoms with Crippen molar-refractivity contribution in [1.29, 1.82) is 0 Å². The molecule has 0 aliphatic carbocycles. The Hall–Kier alpha value is -3.55. The molecule has 1 fully saturated rings. The molecular weight excluding hydrogens is 1000 g/mol. The van der Waals surface area contributed by atoms with Gasteiger partial charge in [0.15, 0.2) is 0 Å². The summed E-state index contributed by atoms with van der Waals surface area (Å²) in [7, 11) is 0. The number of carbonyl (C=O) groups is 5. The molecule has 77 heavy (non-hydrogen) atoms. The van der Waals surface area contributed by atoms with Gasteiger partial charge in [-0.2, -0.15) is 0 Å². The molecule has 2 aliphatic rings. The van der Waals surface area contributed by atoms with Crippen LogP contribution in [0.5, 0.6) is 0 Å². The summed E-state index contributed by atoms with van der Waals surface area (Å²) in [5, 5.41) is 4.92. The van der Waals surface area contributed by atoms with Gasteiger partial charge in [0, 0.05) is 26.1 Å². The fourth-order valence-corrected chi connectivity index (χ4v) is 8.11. The van der Waals surface area contributed by atoms with Crippen LogP contribution in [0.2, 0.25) is 0 Å². The first-order valence-corrected chi connectivity index (χ1v) is 28.6. The number of nitrogens with zero attached hydrogens (tertiary/aromatic N) is 1. The monoisotopic (exact) mass is 1100 g/mol. The first kappa shape index (κ1) is 67.7. The maximum absolute atomic E-state index is 13.2. The van der Waals surface area contributed by atoms with E-state index < -0.39 is 29.7 Å². The van der Waals surface area contributed by atoms with E-state index >= 15 is 0 Å². The first-order valence-electron chi connectivity index (χ1n) is 28.6. The predicted octanol–water partition coefficient (Wildman–Crippen LogP) is 6.11. The minimum atomic E-state index is -1.08. The normalized spacial score (nSPS) is 14.5. The summed E-state index contributed by atoms with van der Waals surface area (Å²) >= 11 is 0. The molecule has 1 aromatic rings. The van der Waals surface area contributed by atoms with Gasteiger partial charge in [0.1, 0.15) is 6.04 Å². The second kappa shape index (κ2) is 48.4. The average molecular weight is 1100 g/mol. The Morgan fingerprint density at radius 3 is 1.16 bits per heavy atom. The number of anilines is 1. The first-order chi connectivity index (χ1) is 37.9. The molecule has 1 atom stereocenters. The number of imide groups is 2. The summed E-state index contributed by atoms with van der Waals surface area (Å²) in [5.41, 5.74) is 0.379. The maximum atomic E-state index is 13.2. The zero-order chi connectivity index (χ0) is 54.9. The van der Waals surface area contributed by atoms with E-state index in [9.17, 15) is 24.0 Å². The van der Waals surface area contributed by atoms with Gasteiger partial charge < -0.3 is 66.9 Å². The molecule has 21 nitrogen and oxygen atoms in total. The minimum absolute atomic E-state index is 0.0263. The van der Waals surface area contributed by atoms with Gasteiger partial charge in [-0.05, 0) is 37.8 Å². The summed E-state index contributed by atoms with van der Waals surface area (Å²) in [5.74, 6) is -2.72. The SMILES string of the molecule is CCCCCCCCCCCCCOCCOCCOCCOCCOCCOCCOCCOCCOCCOCCOCCOCCOCCCCCC(=O)Nc1cccc2c1C(=O)N(C1CCC(=O)NC1=O)C2=O. The number of hydrogen-bond donors (Lipinski definition) is 2. The molecule has 0 aromatic heterocycles. The Morgan fingerprint density at radius 1 is 0.455 bits per heavy atom. The second-order valence-corrected chi connectivity index (χ2v) is 18.5. The minimum Gasteiger partial charge on any atom is -0.379 e. The van der Waals surface area contributed by atoms with Crippen LogP contribution in [0.25, 0.3) is 0 Å². The quantitative estimate of drug-likeness (QED) is 0.0553. The number of unbranched alkanes of at least 4 members (excludes halogenated alkanes) is 12. The van der Waals surface area contributed by atoms with Crippen molar-refractivity contribution < 1.29 is 85.6 Å². The van der Waals surface area contributed by atoms with Crippen LogP contribution in [0.3, 0.4) is 0 Å². The average Bonchev–Trinajstić information content (AvgIpc) is 3.68. The molecule has 1 saturated heterocycles. The lowest BCUT2D eigenvalue weighted by atomic mass is 10.0. The number of fused-ring (bicyclic) bond motifs is 1. The Kier molecular flexibility index (Phi) is 42.5. The van der Waals surface area contributed by atoms with Crippen molar-refractivity contribution >= 4 is 35.2 Å². The van der Waals surface area contributed by atoms with E-state index in [2.05, 4.69) is 17.6 Å². The number of hydrogen-bond acceptors (Lipinski definition) is 18. The Bertz CT molecular complexity index is 1680. The molecule has 2 N–H and O–H groups in total.